The number of unbranched alkanes of at least 4 members (excludes halogenated alkanes) is 21. The molecule has 0 spiro atoms. The van der Waals surface area contributed by atoms with Crippen molar-refractivity contribution in [2.75, 3.05) is 0 Å². The van der Waals surface area contributed by atoms with E-state index in [9.17, 15) is 0 Å². The SMILES string of the molecule is CCCCCCCCCCC(C)P(C(C)CCCCCCCCCC)C(C)CCCCCCCCCC. The van der Waals surface area contributed by atoms with Crippen molar-refractivity contribution >= 4 is 7.92 Å². The fourth-order valence-corrected chi connectivity index (χ4v) is 10.5. The molecule has 0 rings (SSSR count). The Morgan fingerprint density at radius 2 is 0.486 bits per heavy atom. The molecule has 0 aliphatic rings. The topological polar surface area (TPSA) is 0 Å². The molecule has 0 fully saturated rings. The highest BCUT2D eigenvalue weighted by Crippen LogP contribution is 2.55. The van der Waals surface area contributed by atoms with E-state index in [2.05, 4.69) is 41.5 Å². The molecule has 0 heterocycles. The highest BCUT2D eigenvalue weighted by Gasteiger charge is 2.27. The molecule has 1 heteroatoms. The Hall–Kier alpha value is 0.430. The first-order valence-electron chi connectivity index (χ1n) is 17.9. The molecule has 3 unspecified atom stereocenters. The van der Waals surface area contributed by atoms with Gasteiger partial charge in [0.15, 0.2) is 0 Å². The zero-order valence-electron chi connectivity index (χ0n) is 27.3. The van der Waals surface area contributed by atoms with E-state index in [1.807, 2.05) is 0 Å². The molecule has 0 aliphatic heterocycles. The van der Waals surface area contributed by atoms with Crippen LogP contribution < -0.4 is 0 Å². The molecule has 0 amide bonds. The third-order valence-corrected chi connectivity index (χ3v) is 12.8. The van der Waals surface area contributed by atoms with E-state index in [-0.39, 0.29) is 7.92 Å². The van der Waals surface area contributed by atoms with Gasteiger partial charge in [-0.25, -0.2) is 0 Å². The van der Waals surface area contributed by atoms with Gasteiger partial charge in [0.2, 0.25) is 0 Å². The summed E-state index contributed by atoms with van der Waals surface area (Å²) in [6, 6.07) is 0. The monoisotopic (exact) mass is 539 g/mol. The van der Waals surface area contributed by atoms with Crippen LogP contribution in [-0.4, -0.2) is 17.0 Å². The van der Waals surface area contributed by atoms with Gasteiger partial charge in [-0.3, -0.25) is 0 Å². The van der Waals surface area contributed by atoms with Crippen LogP contribution in [0.15, 0.2) is 0 Å². The molecular formula is C36H75P. The maximum Gasteiger partial charge on any atom is -0.0233 e. The lowest BCUT2D eigenvalue weighted by atomic mass is 10.1. The largest absolute Gasteiger partial charge is 0.0980 e. The molecule has 0 aliphatic carbocycles. The predicted molar refractivity (Wildman–Crippen MR) is 177 cm³/mol. The summed E-state index contributed by atoms with van der Waals surface area (Å²) in [6.07, 6.45) is 39.6. The van der Waals surface area contributed by atoms with Crippen LogP contribution in [0.3, 0.4) is 0 Å². The first kappa shape index (κ1) is 37.4. The molecule has 0 aromatic rings. The third-order valence-electron chi connectivity index (χ3n) is 8.95. The minimum atomic E-state index is 0.158. The molecule has 0 N–H and O–H groups in total. The summed E-state index contributed by atoms with van der Waals surface area (Å²) in [5.41, 5.74) is 2.93. The smallest absolute Gasteiger partial charge is 0.0233 e. The van der Waals surface area contributed by atoms with Crippen molar-refractivity contribution in [2.45, 2.75) is 232 Å². The lowest BCUT2D eigenvalue weighted by Gasteiger charge is -2.36. The van der Waals surface area contributed by atoms with Crippen molar-refractivity contribution < 1.29 is 0 Å². The Morgan fingerprint density at radius 1 is 0.297 bits per heavy atom. The van der Waals surface area contributed by atoms with E-state index in [0.717, 1.165) is 17.0 Å². The maximum atomic E-state index is 2.65. The highest BCUT2D eigenvalue weighted by molar-refractivity contribution is 7.59. The molecule has 0 radical (unpaired) electrons. The summed E-state index contributed by atoms with van der Waals surface area (Å²) in [6.45, 7) is 14.9. The van der Waals surface area contributed by atoms with Crippen molar-refractivity contribution in [1.82, 2.24) is 0 Å². The second-order valence-electron chi connectivity index (χ2n) is 12.8. The first-order chi connectivity index (χ1) is 18.1. The minimum absolute atomic E-state index is 0.158. The van der Waals surface area contributed by atoms with Crippen molar-refractivity contribution in [3.05, 3.63) is 0 Å². The highest BCUT2D eigenvalue weighted by atomic mass is 31.1. The Kier molecular flexibility index (Phi) is 29.8. The van der Waals surface area contributed by atoms with Crippen LogP contribution >= 0.6 is 7.92 Å². The van der Waals surface area contributed by atoms with E-state index >= 15 is 0 Å². The van der Waals surface area contributed by atoms with Gasteiger partial charge in [0.25, 0.3) is 0 Å². The van der Waals surface area contributed by atoms with E-state index in [0.29, 0.717) is 0 Å². The van der Waals surface area contributed by atoms with Crippen molar-refractivity contribution in [2.24, 2.45) is 0 Å². The molecular weight excluding hydrogens is 463 g/mol. The summed E-state index contributed by atoms with van der Waals surface area (Å²) in [5, 5.41) is 0. The number of rotatable bonds is 30. The summed E-state index contributed by atoms with van der Waals surface area (Å²) in [5.74, 6) is 0. The van der Waals surface area contributed by atoms with Gasteiger partial charge in [-0.15, -0.1) is 0 Å². The van der Waals surface area contributed by atoms with Gasteiger partial charge in [-0.1, -0.05) is 204 Å². The van der Waals surface area contributed by atoms with Gasteiger partial charge >= 0.3 is 0 Å². The Labute approximate surface area is 239 Å². The quantitative estimate of drug-likeness (QED) is 0.0630. The lowest BCUT2D eigenvalue weighted by molar-refractivity contribution is 0.550. The van der Waals surface area contributed by atoms with Gasteiger partial charge in [0, 0.05) is 0 Å². The molecule has 0 bridgehead atoms. The van der Waals surface area contributed by atoms with E-state index < -0.39 is 0 Å². The van der Waals surface area contributed by atoms with Gasteiger partial charge in [0.1, 0.15) is 0 Å². The first-order valence-corrected chi connectivity index (χ1v) is 19.4. The Morgan fingerprint density at radius 3 is 0.703 bits per heavy atom. The fourth-order valence-electron chi connectivity index (χ4n) is 6.47. The van der Waals surface area contributed by atoms with Crippen LogP contribution in [-0.2, 0) is 0 Å². The molecule has 0 aromatic heterocycles. The van der Waals surface area contributed by atoms with E-state index in [4.69, 9.17) is 0 Å². The van der Waals surface area contributed by atoms with Crippen LogP contribution in [0.25, 0.3) is 0 Å². The number of hydrogen-bond donors (Lipinski definition) is 0. The molecule has 0 saturated heterocycles. The standard InChI is InChI=1S/C36H75P/c1-7-10-13-16-19-22-25-28-31-34(4)37(35(5)32-29-26-23-20-17-14-11-8-2)36(6)33-30-27-24-21-18-15-12-9-3/h34-36H,7-33H2,1-6H3. The predicted octanol–water partition coefficient (Wildman–Crippen LogP) is 14.2. The summed E-state index contributed by atoms with van der Waals surface area (Å²) in [7, 11) is 0.158. The lowest BCUT2D eigenvalue weighted by Crippen LogP contribution is -2.18. The minimum Gasteiger partial charge on any atom is -0.0980 e. The van der Waals surface area contributed by atoms with Gasteiger partial charge in [-0.2, -0.15) is 0 Å². The third kappa shape index (κ3) is 24.0. The van der Waals surface area contributed by atoms with Crippen LogP contribution in [0.5, 0.6) is 0 Å². The second kappa shape index (κ2) is 29.4. The van der Waals surface area contributed by atoms with Crippen LogP contribution in [0.2, 0.25) is 0 Å². The van der Waals surface area contributed by atoms with E-state index in [1.54, 1.807) is 0 Å². The molecule has 0 nitrogen and oxygen atoms in total. The van der Waals surface area contributed by atoms with Gasteiger partial charge < -0.3 is 0 Å². The fraction of sp³-hybridized carbons (Fsp3) is 1.00. The Balaban J connectivity index is 4.42. The maximum absolute atomic E-state index is 2.65. The van der Waals surface area contributed by atoms with Crippen molar-refractivity contribution in [3.63, 3.8) is 0 Å². The van der Waals surface area contributed by atoms with Gasteiger partial charge in [-0.05, 0) is 36.2 Å². The van der Waals surface area contributed by atoms with Crippen LogP contribution in [0, 0.1) is 0 Å². The summed E-state index contributed by atoms with van der Waals surface area (Å²) < 4.78 is 0. The second-order valence-corrected chi connectivity index (χ2v) is 16.3. The van der Waals surface area contributed by atoms with Crippen molar-refractivity contribution in [3.8, 4) is 0 Å². The zero-order valence-corrected chi connectivity index (χ0v) is 28.2. The average molecular weight is 539 g/mol. The number of hydrogen-bond acceptors (Lipinski definition) is 0. The summed E-state index contributed by atoms with van der Waals surface area (Å²) >= 11 is 0. The molecule has 0 aromatic carbocycles. The van der Waals surface area contributed by atoms with Gasteiger partial charge in [0.05, 0.1) is 0 Å². The normalized spacial score (nSPS) is 15.1. The van der Waals surface area contributed by atoms with Crippen LogP contribution in [0.1, 0.15) is 215 Å². The van der Waals surface area contributed by atoms with Crippen LogP contribution in [0.4, 0.5) is 0 Å². The molecule has 37 heavy (non-hydrogen) atoms. The van der Waals surface area contributed by atoms with Crippen molar-refractivity contribution in [1.29, 1.82) is 0 Å². The molecule has 224 valence electrons. The molecule has 0 saturated carbocycles. The Bertz CT molecular complexity index is 357. The summed E-state index contributed by atoms with van der Waals surface area (Å²) in [4.78, 5) is 0. The average Bonchev–Trinajstić information content (AvgIpc) is 2.89. The zero-order chi connectivity index (χ0) is 27.4. The molecule has 3 atom stereocenters. The van der Waals surface area contributed by atoms with E-state index in [1.165, 1.54) is 173 Å².